The van der Waals surface area contributed by atoms with Gasteiger partial charge in [0.25, 0.3) is 0 Å². The Bertz CT molecular complexity index is 245. The van der Waals surface area contributed by atoms with E-state index < -0.39 is 11.9 Å². The van der Waals surface area contributed by atoms with Gasteiger partial charge in [0, 0.05) is 18.3 Å². The minimum absolute atomic E-state index is 0.0418. The summed E-state index contributed by atoms with van der Waals surface area (Å²) < 4.78 is 0. The topological polar surface area (TPSA) is 63.4 Å². The fourth-order valence-electron chi connectivity index (χ4n) is 1.79. The van der Waals surface area contributed by atoms with Gasteiger partial charge in [-0.15, -0.1) is 0 Å². The van der Waals surface area contributed by atoms with Crippen molar-refractivity contribution in [3.8, 4) is 0 Å². The van der Waals surface area contributed by atoms with Crippen molar-refractivity contribution < 1.29 is 9.59 Å². The first-order valence-corrected chi connectivity index (χ1v) is 5.87. The molecule has 5 heteroatoms. The molecular weight excluding hydrogens is 248 g/mol. The van der Waals surface area contributed by atoms with E-state index in [1.54, 1.807) is 4.90 Å². The zero-order valence-corrected chi connectivity index (χ0v) is 9.79. The molecule has 2 amide bonds. The highest BCUT2D eigenvalue weighted by atomic mass is 79.9. The lowest BCUT2D eigenvalue weighted by Crippen LogP contribution is -2.45. The number of primary amides is 1. The first-order chi connectivity index (χ1) is 6.60. The number of amides is 2. The molecule has 0 spiro atoms. The highest BCUT2D eigenvalue weighted by Crippen LogP contribution is 2.22. The molecule has 0 saturated carbocycles. The van der Waals surface area contributed by atoms with Crippen LogP contribution in [0.25, 0.3) is 0 Å². The van der Waals surface area contributed by atoms with Crippen LogP contribution < -0.4 is 5.73 Å². The predicted molar refractivity (Wildman–Crippen MR) is 56.9 cm³/mol. The lowest BCUT2D eigenvalue weighted by molar-refractivity contribution is -0.136. The van der Waals surface area contributed by atoms with Crippen molar-refractivity contribution >= 4 is 27.7 Å². The molecule has 1 heterocycles. The van der Waals surface area contributed by atoms with Crippen molar-refractivity contribution in [3.05, 3.63) is 0 Å². The second kappa shape index (κ2) is 4.77. The van der Waals surface area contributed by atoms with Crippen molar-refractivity contribution in [1.82, 2.24) is 4.90 Å². The van der Waals surface area contributed by atoms with Crippen LogP contribution in [0.4, 0.5) is 0 Å². The first-order valence-electron chi connectivity index (χ1n) is 4.74. The molecule has 0 aliphatic carbocycles. The average molecular weight is 263 g/mol. The molecule has 2 N–H and O–H groups in total. The summed E-state index contributed by atoms with van der Waals surface area (Å²) in [4.78, 5) is 24.2. The number of likely N-dealkylation sites (tertiary alicyclic amines) is 1. The molecule has 1 fully saturated rings. The summed E-state index contributed by atoms with van der Waals surface area (Å²) in [5.74, 6) is -0.0490. The summed E-state index contributed by atoms with van der Waals surface area (Å²) in [5, 5.41) is 0.796. The number of nitrogens with two attached hydrogens (primary N) is 1. The van der Waals surface area contributed by atoms with Crippen molar-refractivity contribution in [3.63, 3.8) is 0 Å². The van der Waals surface area contributed by atoms with Crippen LogP contribution in [0, 0.1) is 5.92 Å². The molecule has 1 saturated heterocycles. The van der Waals surface area contributed by atoms with E-state index in [4.69, 9.17) is 5.73 Å². The monoisotopic (exact) mass is 262 g/mol. The van der Waals surface area contributed by atoms with Gasteiger partial charge in [0.05, 0.1) is 0 Å². The lowest BCUT2D eigenvalue weighted by Gasteiger charge is -2.24. The van der Waals surface area contributed by atoms with Crippen LogP contribution >= 0.6 is 15.9 Å². The summed E-state index contributed by atoms with van der Waals surface area (Å²) in [6, 6.07) is -0.424. The third-order valence-corrected chi connectivity index (χ3v) is 3.46. The molecular formula is C9H15BrN2O2. The Morgan fingerprint density at radius 2 is 2.43 bits per heavy atom. The summed E-state index contributed by atoms with van der Waals surface area (Å²) in [6.07, 6.45) is 1.12. The second-order valence-electron chi connectivity index (χ2n) is 3.60. The molecule has 80 valence electrons. The number of hydrogen-bond donors (Lipinski definition) is 1. The largest absolute Gasteiger partial charge is 0.368 e. The molecule has 1 aliphatic heterocycles. The summed E-state index contributed by atoms with van der Waals surface area (Å²) in [7, 11) is 0. The smallest absolute Gasteiger partial charge is 0.240 e. The summed E-state index contributed by atoms with van der Waals surface area (Å²) in [5.41, 5.74) is 5.23. The van der Waals surface area contributed by atoms with Gasteiger partial charge in [-0.3, -0.25) is 9.59 Å². The van der Waals surface area contributed by atoms with Crippen LogP contribution in [0.3, 0.4) is 0 Å². The van der Waals surface area contributed by atoms with E-state index in [1.165, 1.54) is 0 Å². The maximum absolute atomic E-state index is 11.5. The Morgan fingerprint density at radius 1 is 1.79 bits per heavy atom. The number of halogens is 1. The SMILES string of the molecule is CC[C@@H](C(N)=O)N1CC(CBr)CC1=O. The van der Waals surface area contributed by atoms with Crippen molar-refractivity contribution in [2.75, 3.05) is 11.9 Å². The van der Waals surface area contributed by atoms with Gasteiger partial charge in [0.1, 0.15) is 6.04 Å². The van der Waals surface area contributed by atoms with Crippen LogP contribution in [0.5, 0.6) is 0 Å². The third kappa shape index (κ3) is 2.26. The van der Waals surface area contributed by atoms with E-state index in [-0.39, 0.29) is 5.91 Å². The van der Waals surface area contributed by atoms with E-state index >= 15 is 0 Å². The standard InChI is InChI=1S/C9H15BrN2O2/c1-2-7(9(11)14)12-5-6(4-10)3-8(12)13/h6-7H,2-5H2,1H3,(H2,11,14)/t6?,7-/m0/s1. The number of rotatable bonds is 4. The molecule has 0 radical (unpaired) electrons. The van der Waals surface area contributed by atoms with Gasteiger partial charge in [-0.25, -0.2) is 0 Å². The Kier molecular flexibility index (Phi) is 3.92. The molecule has 0 bridgehead atoms. The quantitative estimate of drug-likeness (QED) is 0.750. The molecule has 1 rings (SSSR count). The Labute approximate surface area is 91.9 Å². The molecule has 2 atom stereocenters. The van der Waals surface area contributed by atoms with Crippen LogP contribution in [-0.2, 0) is 9.59 Å². The zero-order valence-electron chi connectivity index (χ0n) is 8.20. The second-order valence-corrected chi connectivity index (χ2v) is 4.24. The highest BCUT2D eigenvalue weighted by molar-refractivity contribution is 9.09. The lowest BCUT2D eigenvalue weighted by atomic mass is 10.1. The van der Waals surface area contributed by atoms with E-state index in [1.807, 2.05) is 6.92 Å². The van der Waals surface area contributed by atoms with Gasteiger partial charge < -0.3 is 10.6 Å². The van der Waals surface area contributed by atoms with Gasteiger partial charge in [0.15, 0.2) is 0 Å². The number of nitrogens with zero attached hydrogens (tertiary/aromatic N) is 1. The van der Waals surface area contributed by atoms with E-state index in [0.29, 0.717) is 25.3 Å². The van der Waals surface area contributed by atoms with Crippen LogP contribution in [-0.4, -0.2) is 34.6 Å². The summed E-state index contributed by atoms with van der Waals surface area (Å²) >= 11 is 3.34. The van der Waals surface area contributed by atoms with Gasteiger partial charge in [-0.2, -0.15) is 0 Å². The van der Waals surface area contributed by atoms with Crippen LogP contribution in [0.2, 0.25) is 0 Å². The van der Waals surface area contributed by atoms with Gasteiger partial charge in [-0.05, 0) is 12.3 Å². The first kappa shape index (κ1) is 11.5. The van der Waals surface area contributed by atoms with Crippen molar-refractivity contribution in [2.45, 2.75) is 25.8 Å². The summed E-state index contributed by atoms with van der Waals surface area (Å²) in [6.45, 7) is 2.51. The Morgan fingerprint density at radius 3 is 2.79 bits per heavy atom. The van der Waals surface area contributed by atoms with E-state index in [2.05, 4.69) is 15.9 Å². The fourth-order valence-corrected chi connectivity index (χ4v) is 2.22. The predicted octanol–water partition coefficient (Wildman–Crippen LogP) is 0.494. The third-order valence-electron chi connectivity index (χ3n) is 2.55. The number of carbonyl (C=O) groups is 2. The molecule has 0 aromatic heterocycles. The molecule has 1 aliphatic rings. The number of alkyl halides is 1. The fraction of sp³-hybridized carbons (Fsp3) is 0.778. The van der Waals surface area contributed by atoms with Crippen LogP contribution in [0.15, 0.2) is 0 Å². The Balaban J connectivity index is 2.68. The zero-order chi connectivity index (χ0) is 10.7. The van der Waals surface area contributed by atoms with Crippen molar-refractivity contribution in [1.29, 1.82) is 0 Å². The molecule has 0 aromatic carbocycles. The van der Waals surface area contributed by atoms with E-state index in [0.717, 1.165) is 5.33 Å². The average Bonchev–Trinajstić information content (AvgIpc) is 2.48. The minimum Gasteiger partial charge on any atom is -0.368 e. The minimum atomic E-state index is -0.424. The molecule has 4 nitrogen and oxygen atoms in total. The molecule has 1 unspecified atom stereocenters. The van der Waals surface area contributed by atoms with E-state index in [9.17, 15) is 9.59 Å². The molecule has 14 heavy (non-hydrogen) atoms. The maximum atomic E-state index is 11.5. The number of hydrogen-bond acceptors (Lipinski definition) is 2. The number of carbonyl (C=O) groups excluding carboxylic acids is 2. The van der Waals surface area contributed by atoms with Crippen molar-refractivity contribution in [2.24, 2.45) is 11.7 Å². The van der Waals surface area contributed by atoms with Gasteiger partial charge in [0.2, 0.25) is 11.8 Å². The van der Waals surface area contributed by atoms with Gasteiger partial charge in [-0.1, -0.05) is 22.9 Å². The normalized spacial score (nSPS) is 24.0. The molecule has 0 aromatic rings. The Hall–Kier alpha value is -0.580. The maximum Gasteiger partial charge on any atom is 0.240 e. The highest BCUT2D eigenvalue weighted by Gasteiger charge is 2.35. The van der Waals surface area contributed by atoms with Crippen LogP contribution in [0.1, 0.15) is 19.8 Å². The van der Waals surface area contributed by atoms with Gasteiger partial charge >= 0.3 is 0 Å².